The second-order valence-electron chi connectivity index (χ2n) is 4.69. The molecule has 0 saturated carbocycles. The van der Waals surface area contributed by atoms with Crippen molar-refractivity contribution in [1.29, 1.82) is 0 Å². The van der Waals surface area contributed by atoms with Crippen LogP contribution in [-0.2, 0) is 10.3 Å². The number of carbonyl (C=O) groups is 1. The van der Waals surface area contributed by atoms with Crippen molar-refractivity contribution in [2.24, 2.45) is 0 Å². The quantitative estimate of drug-likeness (QED) is 0.711. The summed E-state index contributed by atoms with van der Waals surface area (Å²) in [5, 5.41) is 11.0. The van der Waals surface area contributed by atoms with E-state index in [1.165, 1.54) is 5.56 Å². The van der Waals surface area contributed by atoms with E-state index in [0.717, 1.165) is 6.42 Å². The molecule has 0 amide bonds. The molecule has 0 aliphatic heterocycles. The Bertz CT molecular complexity index is 368. The topological polar surface area (TPSA) is 44.0 Å². The van der Waals surface area contributed by atoms with Crippen LogP contribution >= 0.6 is 0 Å². The molecule has 0 radical (unpaired) electrons. The standard InChI is InChI=1S/C13H19NO2/c1-5-10(2)11-6-8-14(9-7-11)13(3,4)12(15)16/h6-10H,5H2,1-4H3. The van der Waals surface area contributed by atoms with Gasteiger partial charge in [-0.3, -0.25) is 0 Å². The Hall–Kier alpha value is -1.38. The second-order valence-corrected chi connectivity index (χ2v) is 4.69. The van der Waals surface area contributed by atoms with Crippen LogP contribution in [0.4, 0.5) is 0 Å². The average molecular weight is 221 g/mol. The smallest absolute Gasteiger partial charge is 0.201 e. The van der Waals surface area contributed by atoms with Gasteiger partial charge in [0.1, 0.15) is 5.97 Å². The summed E-state index contributed by atoms with van der Waals surface area (Å²) in [5.74, 6) is -0.575. The van der Waals surface area contributed by atoms with E-state index >= 15 is 0 Å². The number of nitrogens with zero attached hydrogens (tertiary/aromatic N) is 1. The predicted octanol–water partition coefficient (Wildman–Crippen LogP) is 0.973. The highest BCUT2D eigenvalue weighted by molar-refractivity contribution is 5.71. The van der Waals surface area contributed by atoms with Crippen molar-refractivity contribution in [2.75, 3.05) is 0 Å². The molecule has 0 N–H and O–H groups in total. The number of aromatic nitrogens is 1. The minimum atomic E-state index is -1.08. The number of hydrogen-bond donors (Lipinski definition) is 0. The first kappa shape index (κ1) is 12.7. The highest BCUT2D eigenvalue weighted by Crippen LogP contribution is 2.17. The van der Waals surface area contributed by atoms with E-state index in [2.05, 4.69) is 13.8 Å². The Labute approximate surface area is 96.7 Å². The van der Waals surface area contributed by atoms with Gasteiger partial charge in [-0.15, -0.1) is 0 Å². The summed E-state index contributed by atoms with van der Waals surface area (Å²) in [6, 6.07) is 3.94. The molecule has 0 spiro atoms. The summed E-state index contributed by atoms with van der Waals surface area (Å²) in [5.41, 5.74) is 0.224. The van der Waals surface area contributed by atoms with Crippen molar-refractivity contribution in [3.05, 3.63) is 30.1 Å². The number of hydrogen-bond acceptors (Lipinski definition) is 2. The van der Waals surface area contributed by atoms with Crippen LogP contribution in [0, 0.1) is 0 Å². The maximum absolute atomic E-state index is 11.0. The lowest BCUT2D eigenvalue weighted by molar-refractivity contribution is -0.749. The molecule has 0 aliphatic carbocycles. The Balaban J connectivity index is 2.99. The van der Waals surface area contributed by atoms with Gasteiger partial charge in [0.2, 0.25) is 5.54 Å². The van der Waals surface area contributed by atoms with Gasteiger partial charge in [0.25, 0.3) is 0 Å². The summed E-state index contributed by atoms with van der Waals surface area (Å²) in [6.07, 6.45) is 4.68. The summed E-state index contributed by atoms with van der Waals surface area (Å²) < 4.78 is 1.66. The Morgan fingerprint density at radius 2 is 1.94 bits per heavy atom. The summed E-state index contributed by atoms with van der Waals surface area (Å²) in [7, 11) is 0. The summed E-state index contributed by atoms with van der Waals surface area (Å²) in [6.45, 7) is 7.55. The number of carboxylic acid groups (broad SMARTS) is 1. The molecular formula is C13H19NO2. The molecule has 0 aliphatic rings. The van der Waals surface area contributed by atoms with Crippen LogP contribution in [-0.4, -0.2) is 5.97 Å². The van der Waals surface area contributed by atoms with Crippen molar-refractivity contribution in [3.8, 4) is 0 Å². The Kier molecular flexibility index (Phi) is 3.68. The third kappa shape index (κ3) is 2.40. The monoisotopic (exact) mass is 221 g/mol. The first-order valence-electron chi connectivity index (χ1n) is 5.62. The van der Waals surface area contributed by atoms with Crippen LogP contribution in [0.1, 0.15) is 45.6 Å². The lowest BCUT2D eigenvalue weighted by Gasteiger charge is -2.20. The number of rotatable bonds is 4. The van der Waals surface area contributed by atoms with Gasteiger partial charge < -0.3 is 9.90 Å². The molecular weight excluding hydrogens is 202 g/mol. The zero-order valence-electron chi connectivity index (χ0n) is 10.4. The lowest BCUT2D eigenvalue weighted by atomic mass is 9.99. The number of carbonyl (C=O) groups excluding carboxylic acids is 1. The van der Waals surface area contributed by atoms with Gasteiger partial charge in [-0.25, -0.2) is 0 Å². The third-order valence-electron chi connectivity index (χ3n) is 3.18. The number of aliphatic carboxylic acids is 1. The van der Waals surface area contributed by atoms with Gasteiger partial charge in [-0.2, -0.15) is 4.57 Å². The van der Waals surface area contributed by atoms with E-state index in [1.807, 2.05) is 12.1 Å². The first-order valence-corrected chi connectivity index (χ1v) is 5.62. The minimum Gasteiger partial charge on any atom is -0.543 e. The van der Waals surface area contributed by atoms with Crippen LogP contribution in [0.5, 0.6) is 0 Å². The van der Waals surface area contributed by atoms with Crippen molar-refractivity contribution in [2.45, 2.75) is 45.6 Å². The minimum absolute atomic E-state index is 0.501. The Morgan fingerprint density at radius 1 is 1.44 bits per heavy atom. The molecule has 0 fully saturated rings. The maximum Gasteiger partial charge on any atom is 0.201 e. The molecule has 1 aromatic heterocycles. The molecule has 1 aromatic rings. The van der Waals surface area contributed by atoms with E-state index in [1.54, 1.807) is 30.8 Å². The predicted molar refractivity (Wildman–Crippen MR) is 59.7 cm³/mol. The zero-order chi connectivity index (χ0) is 12.3. The average Bonchev–Trinajstić information content (AvgIpc) is 2.28. The molecule has 0 bridgehead atoms. The van der Waals surface area contributed by atoms with Gasteiger partial charge in [-0.1, -0.05) is 13.8 Å². The zero-order valence-corrected chi connectivity index (χ0v) is 10.4. The molecule has 0 saturated heterocycles. The summed E-state index contributed by atoms with van der Waals surface area (Å²) >= 11 is 0. The number of pyridine rings is 1. The van der Waals surface area contributed by atoms with Crippen molar-refractivity contribution >= 4 is 5.97 Å². The fraction of sp³-hybridized carbons (Fsp3) is 0.538. The van der Waals surface area contributed by atoms with E-state index in [9.17, 15) is 9.90 Å². The van der Waals surface area contributed by atoms with E-state index in [0.29, 0.717) is 5.92 Å². The molecule has 1 atom stereocenters. The molecule has 1 unspecified atom stereocenters. The molecule has 1 heterocycles. The fourth-order valence-electron chi connectivity index (χ4n) is 1.48. The first-order chi connectivity index (χ1) is 7.39. The van der Waals surface area contributed by atoms with Crippen molar-refractivity contribution in [3.63, 3.8) is 0 Å². The van der Waals surface area contributed by atoms with Crippen LogP contribution < -0.4 is 9.67 Å². The number of carboxylic acids is 1. The van der Waals surface area contributed by atoms with Gasteiger partial charge in [-0.05, 0) is 17.9 Å². The van der Waals surface area contributed by atoms with Crippen molar-refractivity contribution in [1.82, 2.24) is 0 Å². The fourth-order valence-corrected chi connectivity index (χ4v) is 1.48. The van der Waals surface area contributed by atoms with Gasteiger partial charge in [0.05, 0.1) is 0 Å². The Morgan fingerprint density at radius 3 is 2.31 bits per heavy atom. The highest BCUT2D eigenvalue weighted by Gasteiger charge is 2.29. The van der Waals surface area contributed by atoms with E-state index < -0.39 is 11.5 Å². The summed E-state index contributed by atoms with van der Waals surface area (Å²) in [4.78, 5) is 11.0. The molecule has 0 aromatic carbocycles. The van der Waals surface area contributed by atoms with Crippen LogP contribution in [0.3, 0.4) is 0 Å². The van der Waals surface area contributed by atoms with Gasteiger partial charge >= 0.3 is 0 Å². The largest absolute Gasteiger partial charge is 0.543 e. The molecule has 88 valence electrons. The van der Waals surface area contributed by atoms with Crippen LogP contribution in [0.2, 0.25) is 0 Å². The molecule has 3 nitrogen and oxygen atoms in total. The third-order valence-corrected chi connectivity index (χ3v) is 3.18. The molecule has 16 heavy (non-hydrogen) atoms. The van der Waals surface area contributed by atoms with Crippen molar-refractivity contribution < 1.29 is 14.5 Å². The van der Waals surface area contributed by atoms with E-state index in [-0.39, 0.29) is 0 Å². The SMILES string of the molecule is CCC(C)c1cc[n+](C(C)(C)C(=O)[O-])cc1. The van der Waals surface area contributed by atoms with Crippen LogP contribution in [0.25, 0.3) is 0 Å². The lowest BCUT2D eigenvalue weighted by Crippen LogP contribution is -2.61. The van der Waals surface area contributed by atoms with Gasteiger partial charge in [0.15, 0.2) is 12.4 Å². The van der Waals surface area contributed by atoms with Gasteiger partial charge in [0, 0.05) is 26.0 Å². The van der Waals surface area contributed by atoms with Crippen LogP contribution in [0.15, 0.2) is 24.5 Å². The maximum atomic E-state index is 11.0. The normalized spacial score (nSPS) is 13.5. The molecule has 1 rings (SSSR count). The van der Waals surface area contributed by atoms with E-state index in [4.69, 9.17) is 0 Å². The second kappa shape index (κ2) is 4.64. The highest BCUT2D eigenvalue weighted by atomic mass is 16.4. The molecule has 3 heteroatoms.